The summed E-state index contributed by atoms with van der Waals surface area (Å²) in [6, 6.07) is 0. The predicted molar refractivity (Wildman–Crippen MR) is 64.8 cm³/mol. The molecule has 0 spiro atoms. The van der Waals surface area contributed by atoms with Crippen LogP contribution in [0.5, 0.6) is 0 Å². The summed E-state index contributed by atoms with van der Waals surface area (Å²) in [7, 11) is 1.97. The Balaban J connectivity index is 2.58. The molecule has 15 heavy (non-hydrogen) atoms. The van der Waals surface area contributed by atoms with Crippen molar-refractivity contribution in [3.63, 3.8) is 0 Å². The van der Waals surface area contributed by atoms with Crippen molar-refractivity contribution in [3.8, 4) is 0 Å². The van der Waals surface area contributed by atoms with Gasteiger partial charge in [-0.05, 0) is 26.8 Å². The van der Waals surface area contributed by atoms with E-state index in [0.717, 1.165) is 13.1 Å². The van der Waals surface area contributed by atoms with Crippen molar-refractivity contribution in [2.24, 2.45) is 7.05 Å². The SMILES string of the molecule is CCCNCC(C)=Cc1cnn(C)c1C. The molecule has 0 unspecified atom stereocenters. The highest BCUT2D eigenvalue weighted by molar-refractivity contribution is 5.54. The molecule has 0 aliphatic heterocycles. The van der Waals surface area contributed by atoms with Gasteiger partial charge in [0.05, 0.1) is 6.20 Å². The zero-order valence-corrected chi connectivity index (χ0v) is 10.2. The van der Waals surface area contributed by atoms with Gasteiger partial charge in [0.2, 0.25) is 0 Å². The molecule has 0 bridgehead atoms. The first-order chi connectivity index (χ1) is 7.15. The van der Waals surface area contributed by atoms with E-state index in [0.29, 0.717) is 0 Å². The molecule has 1 rings (SSSR count). The fourth-order valence-corrected chi connectivity index (χ4v) is 1.44. The molecular weight excluding hydrogens is 186 g/mol. The molecule has 0 aliphatic rings. The van der Waals surface area contributed by atoms with Crippen LogP contribution in [-0.2, 0) is 7.05 Å². The minimum absolute atomic E-state index is 0.960. The molecule has 1 N–H and O–H groups in total. The minimum atomic E-state index is 0.960. The smallest absolute Gasteiger partial charge is 0.0564 e. The van der Waals surface area contributed by atoms with Gasteiger partial charge in [0, 0.05) is 24.8 Å². The van der Waals surface area contributed by atoms with Crippen molar-refractivity contribution in [3.05, 3.63) is 23.0 Å². The van der Waals surface area contributed by atoms with E-state index in [2.05, 4.69) is 37.3 Å². The average molecular weight is 207 g/mol. The number of nitrogens with one attached hydrogen (secondary N) is 1. The first-order valence-electron chi connectivity index (χ1n) is 5.51. The lowest BCUT2D eigenvalue weighted by Crippen LogP contribution is -2.16. The molecule has 0 fully saturated rings. The second-order valence-electron chi connectivity index (χ2n) is 3.98. The van der Waals surface area contributed by atoms with Gasteiger partial charge in [0.25, 0.3) is 0 Å². The molecule has 0 saturated carbocycles. The lowest BCUT2D eigenvalue weighted by Gasteiger charge is -2.03. The molecular formula is C12H21N3. The molecule has 1 aromatic rings. The van der Waals surface area contributed by atoms with Gasteiger partial charge < -0.3 is 5.32 Å². The number of rotatable bonds is 5. The summed E-state index contributed by atoms with van der Waals surface area (Å²) in [5, 5.41) is 7.60. The summed E-state index contributed by atoms with van der Waals surface area (Å²) in [5.74, 6) is 0. The third-order valence-corrected chi connectivity index (χ3v) is 2.51. The monoisotopic (exact) mass is 207 g/mol. The molecule has 0 atom stereocenters. The summed E-state index contributed by atoms with van der Waals surface area (Å²) >= 11 is 0. The fourth-order valence-electron chi connectivity index (χ4n) is 1.44. The number of nitrogens with zero attached hydrogens (tertiary/aromatic N) is 2. The van der Waals surface area contributed by atoms with Gasteiger partial charge in [-0.2, -0.15) is 5.10 Å². The third-order valence-electron chi connectivity index (χ3n) is 2.51. The van der Waals surface area contributed by atoms with Crippen molar-refractivity contribution < 1.29 is 0 Å². The van der Waals surface area contributed by atoms with Crippen LogP contribution in [0.25, 0.3) is 6.08 Å². The molecule has 1 aromatic heterocycles. The molecule has 3 heteroatoms. The lowest BCUT2D eigenvalue weighted by atomic mass is 10.2. The van der Waals surface area contributed by atoms with E-state index in [4.69, 9.17) is 0 Å². The average Bonchev–Trinajstić information content (AvgIpc) is 2.50. The van der Waals surface area contributed by atoms with E-state index in [1.807, 2.05) is 17.9 Å². The van der Waals surface area contributed by atoms with Crippen molar-refractivity contribution >= 4 is 6.08 Å². The Morgan fingerprint density at radius 1 is 1.60 bits per heavy atom. The Morgan fingerprint density at radius 2 is 2.33 bits per heavy atom. The van der Waals surface area contributed by atoms with Crippen molar-refractivity contribution in [2.45, 2.75) is 27.2 Å². The summed E-state index contributed by atoms with van der Waals surface area (Å²) < 4.78 is 1.90. The van der Waals surface area contributed by atoms with Crippen LogP contribution in [-0.4, -0.2) is 22.9 Å². The highest BCUT2D eigenvalue weighted by Crippen LogP contribution is 2.10. The van der Waals surface area contributed by atoms with Crippen LogP contribution in [0, 0.1) is 6.92 Å². The molecule has 0 radical (unpaired) electrons. The highest BCUT2D eigenvalue weighted by Gasteiger charge is 2.00. The first kappa shape index (κ1) is 12.0. The molecule has 84 valence electrons. The van der Waals surface area contributed by atoms with Crippen LogP contribution < -0.4 is 5.32 Å². The van der Waals surface area contributed by atoms with Gasteiger partial charge in [0.15, 0.2) is 0 Å². The zero-order valence-electron chi connectivity index (χ0n) is 10.2. The maximum Gasteiger partial charge on any atom is 0.0564 e. The molecule has 0 amide bonds. The van der Waals surface area contributed by atoms with Gasteiger partial charge >= 0.3 is 0 Å². The molecule has 3 nitrogen and oxygen atoms in total. The van der Waals surface area contributed by atoms with E-state index in [9.17, 15) is 0 Å². The van der Waals surface area contributed by atoms with Crippen LogP contribution in [0.4, 0.5) is 0 Å². The summed E-state index contributed by atoms with van der Waals surface area (Å²) in [4.78, 5) is 0. The summed E-state index contributed by atoms with van der Waals surface area (Å²) in [6.07, 6.45) is 5.29. The Hall–Kier alpha value is -1.09. The topological polar surface area (TPSA) is 29.9 Å². The molecule has 0 saturated heterocycles. The van der Waals surface area contributed by atoms with Crippen LogP contribution in [0.3, 0.4) is 0 Å². The lowest BCUT2D eigenvalue weighted by molar-refractivity contribution is 0.715. The van der Waals surface area contributed by atoms with Crippen molar-refractivity contribution in [1.82, 2.24) is 15.1 Å². The third kappa shape index (κ3) is 3.51. The highest BCUT2D eigenvalue weighted by atomic mass is 15.3. The maximum absolute atomic E-state index is 4.22. The van der Waals surface area contributed by atoms with Gasteiger partial charge in [0.1, 0.15) is 0 Å². The number of hydrogen-bond donors (Lipinski definition) is 1. The Labute approximate surface area is 92.2 Å². The largest absolute Gasteiger partial charge is 0.313 e. The van der Waals surface area contributed by atoms with Gasteiger partial charge in [-0.1, -0.05) is 18.6 Å². The van der Waals surface area contributed by atoms with Crippen LogP contribution >= 0.6 is 0 Å². The van der Waals surface area contributed by atoms with Gasteiger partial charge in [-0.3, -0.25) is 4.68 Å². The van der Waals surface area contributed by atoms with Crippen LogP contribution in [0.1, 0.15) is 31.5 Å². The fraction of sp³-hybridized carbons (Fsp3) is 0.583. The van der Waals surface area contributed by atoms with Gasteiger partial charge in [-0.15, -0.1) is 0 Å². The molecule has 0 aromatic carbocycles. The Bertz CT molecular complexity index is 337. The first-order valence-corrected chi connectivity index (χ1v) is 5.51. The van der Waals surface area contributed by atoms with Crippen LogP contribution in [0.2, 0.25) is 0 Å². The van der Waals surface area contributed by atoms with Crippen LogP contribution in [0.15, 0.2) is 11.8 Å². The minimum Gasteiger partial charge on any atom is -0.313 e. The van der Waals surface area contributed by atoms with E-state index >= 15 is 0 Å². The second-order valence-corrected chi connectivity index (χ2v) is 3.98. The summed E-state index contributed by atoms with van der Waals surface area (Å²) in [5.41, 5.74) is 3.78. The predicted octanol–water partition coefficient (Wildman–Crippen LogP) is 2.13. The number of aryl methyl sites for hydroxylation is 1. The van der Waals surface area contributed by atoms with Crippen molar-refractivity contribution in [2.75, 3.05) is 13.1 Å². The maximum atomic E-state index is 4.22. The Kier molecular flexibility index (Phi) is 4.56. The second kappa shape index (κ2) is 5.71. The van der Waals surface area contributed by atoms with Crippen molar-refractivity contribution in [1.29, 1.82) is 0 Å². The standard InChI is InChI=1S/C12H21N3/c1-5-6-13-8-10(2)7-12-9-14-15(4)11(12)3/h7,9,13H,5-6,8H2,1-4H3. The quantitative estimate of drug-likeness (QED) is 0.750. The molecule has 0 aliphatic carbocycles. The number of aromatic nitrogens is 2. The van der Waals surface area contributed by atoms with E-state index in [1.54, 1.807) is 0 Å². The van der Waals surface area contributed by atoms with Gasteiger partial charge in [-0.25, -0.2) is 0 Å². The number of hydrogen-bond acceptors (Lipinski definition) is 2. The normalized spacial score (nSPS) is 12.1. The Morgan fingerprint density at radius 3 is 2.87 bits per heavy atom. The molecule has 1 heterocycles. The van der Waals surface area contributed by atoms with E-state index < -0.39 is 0 Å². The summed E-state index contributed by atoms with van der Waals surface area (Å²) in [6.45, 7) is 8.46. The zero-order chi connectivity index (χ0) is 11.3. The van der Waals surface area contributed by atoms with E-state index in [-0.39, 0.29) is 0 Å². The van der Waals surface area contributed by atoms with E-state index in [1.165, 1.54) is 23.3 Å².